The number of phenols is 1. The van der Waals surface area contributed by atoms with Gasteiger partial charge in [-0.05, 0) is 140 Å². The fourth-order valence-electron chi connectivity index (χ4n) is 7.08. The maximum atomic E-state index is 14.6. The number of hydrogen-bond acceptors (Lipinski definition) is 17. The highest BCUT2D eigenvalue weighted by atomic mass is 127. The van der Waals surface area contributed by atoms with Crippen LogP contribution in [0, 0.1) is 7.14 Å². The zero-order chi connectivity index (χ0) is 53.8. The second-order valence-electron chi connectivity index (χ2n) is 16.4. The van der Waals surface area contributed by atoms with E-state index in [0.717, 1.165) is 9.80 Å². The van der Waals surface area contributed by atoms with Crippen molar-refractivity contribution in [3.63, 3.8) is 0 Å². The van der Waals surface area contributed by atoms with Gasteiger partial charge >= 0.3 is 35.8 Å². The molecular formula is C42H66I2N10O17. The molecule has 0 bridgehead atoms. The van der Waals surface area contributed by atoms with Crippen LogP contribution in [0.1, 0.15) is 63.4 Å². The van der Waals surface area contributed by atoms with Crippen LogP contribution in [-0.2, 0) is 54.4 Å². The van der Waals surface area contributed by atoms with Crippen molar-refractivity contribution in [3.05, 3.63) is 24.8 Å². The Kier molecular flexibility index (Phi) is 30.9. The molecule has 0 aliphatic carbocycles. The number of halogens is 2. The molecule has 1 aromatic rings. The van der Waals surface area contributed by atoms with Gasteiger partial charge in [-0.1, -0.05) is 0 Å². The molecule has 0 spiro atoms. The Hall–Kier alpha value is -5.06. The monoisotopic (exact) mass is 1240 g/mol. The summed E-state index contributed by atoms with van der Waals surface area (Å²) in [5.74, 6) is -12.9. The molecule has 1 rings (SSSR count). The second kappa shape index (κ2) is 34.3. The van der Waals surface area contributed by atoms with E-state index in [-0.39, 0.29) is 50.9 Å². The number of rotatable bonds is 39. The van der Waals surface area contributed by atoms with E-state index in [0.29, 0.717) is 56.3 Å². The van der Waals surface area contributed by atoms with E-state index in [1.807, 2.05) is 45.2 Å². The molecule has 71 heavy (non-hydrogen) atoms. The van der Waals surface area contributed by atoms with Crippen molar-refractivity contribution in [1.82, 2.24) is 36.0 Å². The van der Waals surface area contributed by atoms with Crippen LogP contribution in [0.15, 0.2) is 12.1 Å². The number of carboxylic acids is 6. The summed E-state index contributed by atoms with van der Waals surface area (Å²) in [4.78, 5) is 131. The van der Waals surface area contributed by atoms with Gasteiger partial charge in [0.25, 0.3) is 0 Å². The van der Waals surface area contributed by atoms with Gasteiger partial charge in [-0.15, -0.1) is 0 Å². The number of carbonyl (C=O) groups excluding carboxylic acids is 4. The molecule has 1 unspecified atom stereocenters. The third kappa shape index (κ3) is 26.3. The normalized spacial score (nSPS) is 13.4. The van der Waals surface area contributed by atoms with E-state index in [1.165, 1.54) is 12.1 Å². The van der Waals surface area contributed by atoms with Crippen molar-refractivity contribution in [2.24, 2.45) is 17.2 Å². The Bertz CT molecular complexity index is 1930. The SMILES string of the molecule is NCCCC[C@H](NC(=O)[C@H](CCCCN)NC(=O)[C@H](CCCCN)NC(=O)[C@H](Cc1cc(I)c(O)c(I)c1)NC(=O)C(CN(CCN(CC(=O)O)CC(=O)O)CC(=O)O)N(CC(=O)O)CC(=O)O)C(=O)O. The van der Waals surface area contributed by atoms with Crippen LogP contribution in [0.3, 0.4) is 0 Å². The lowest BCUT2D eigenvalue weighted by molar-refractivity contribution is -0.147. The van der Waals surface area contributed by atoms with Crippen molar-refractivity contribution >= 4 is 105 Å². The summed E-state index contributed by atoms with van der Waals surface area (Å²) in [7, 11) is 0. The van der Waals surface area contributed by atoms with E-state index >= 15 is 0 Å². The van der Waals surface area contributed by atoms with Crippen LogP contribution < -0.4 is 38.5 Å². The Labute approximate surface area is 436 Å². The average Bonchev–Trinajstić information content (AvgIpc) is 3.26. The Morgan fingerprint density at radius 2 is 0.845 bits per heavy atom. The molecule has 0 saturated carbocycles. The average molecular weight is 1240 g/mol. The number of unbranched alkanes of at least 4 members (excludes halogenated alkanes) is 3. The van der Waals surface area contributed by atoms with Crippen LogP contribution in [-0.4, -0.2) is 212 Å². The van der Waals surface area contributed by atoms with Crippen molar-refractivity contribution in [2.75, 3.05) is 72.0 Å². The molecule has 27 nitrogen and oxygen atoms in total. The Morgan fingerprint density at radius 1 is 0.493 bits per heavy atom. The molecular weight excluding hydrogens is 1170 g/mol. The van der Waals surface area contributed by atoms with Crippen molar-refractivity contribution in [1.29, 1.82) is 0 Å². The predicted molar refractivity (Wildman–Crippen MR) is 268 cm³/mol. The van der Waals surface area contributed by atoms with Gasteiger partial charge in [-0.3, -0.25) is 57.9 Å². The zero-order valence-electron chi connectivity index (χ0n) is 38.9. The number of nitrogens with zero attached hydrogens (tertiary/aromatic N) is 3. The van der Waals surface area contributed by atoms with Gasteiger partial charge in [0, 0.05) is 26.1 Å². The number of carbonyl (C=O) groups is 10. The highest BCUT2D eigenvalue weighted by molar-refractivity contribution is 14.1. The molecule has 1 aromatic carbocycles. The first-order valence-electron chi connectivity index (χ1n) is 22.4. The molecule has 0 heterocycles. The number of phenolic OH excluding ortho intramolecular Hbond substituents is 1. The molecule has 29 heteroatoms. The Balaban J connectivity index is 3.89. The minimum Gasteiger partial charge on any atom is -0.506 e. The van der Waals surface area contributed by atoms with E-state index in [2.05, 4.69) is 21.3 Å². The Morgan fingerprint density at radius 3 is 1.24 bits per heavy atom. The zero-order valence-corrected chi connectivity index (χ0v) is 43.2. The van der Waals surface area contributed by atoms with Crippen LogP contribution >= 0.6 is 45.2 Å². The van der Waals surface area contributed by atoms with E-state index < -0.39 is 142 Å². The summed E-state index contributed by atoms with van der Waals surface area (Å²) in [5, 5.41) is 78.6. The molecule has 0 saturated heterocycles. The lowest BCUT2D eigenvalue weighted by atomic mass is 10.0. The molecule has 400 valence electrons. The topological polar surface area (TPSA) is 448 Å². The minimum atomic E-state index is -1.88. The molecule has 0 aliphatic heterocycles. The molecule has 0 fully saturated rings. The summed E-state index contributed by atoms with van der Waals surface area (Å²) < 4.78 is 0.655. The van der Waals surface area contributed by atoms with Gasteiger partial charge in [0.1, 0.15) is 36.0 Å². The summed E-state index contributed by atoms with van der Waals surface area (Å²) in [6, 6.07) is -4.67. The van der Waals surface area contributed by atoms with Gasteiger partial charge in [-0.25, -0.2) is 4.79 Å². The van der Waals surface area contributed by atoms with Crippen LogP contribution in [0.5, 0.6) is 5.75 Å². The quantitative estimate of drug-likeness (QED) is 0.0235. The van der Waals surface area contributed by atoms with E-state index in [9.17, 15) is 83.7 Å². The lowest BCUT2D eigenvalue weighted by Crippen LogP contribution is -2.61. The maximum Gasteiger partial charge on any atom is 0.326 e. The number of amides is 4. The second-order valence-corrected chi connectivity index (χ2v) is 18.7. The van der Waals surface area contributed by atoms with Crippen molar-refractivity contribution < 1.29 is 83.7 Å². The summed E-state index contributed by atoms with van der Waals surface area (Å²) in [5.41, 5.74) is 17.3. The van der Waals surface area contributed by atoms with Gasteiger partial charge in [0.15, 0.2) is 0 Å². The smallest absolute Gasteiger partial charge is 0.326 e. The first-order valence-corrected chi connectivity index (χ1v) is 24.6. The van der Waals surface area contributed by atoms with Crippen molar-refractivity contribution in [2.45, 2.75) is 94.4 Å². The van der Waals surface area contributed by atoms with Gasteiger partial charge < -0.3 is 74.2 Å². The van der Waals surface area contributed by atoms with Crippen LogP contribution in [0.25, 0.3) is 0 Å². The molecule has 0 aliphatic rings. The number of carboxylic acid groups (broad SMARTS) is 6. The number of nitrogens with two attached hydrogens (primary N) is 3. The number of aliphatic carboxylic acids is 6. The first-order chi connectivity index (χ1) is 33.4. The molecule has 0 radical (unpaired) electrons. The number of aromatic hydroxyl groups is 1. The predicted octanol–water partition coefficient (Wildman–Crippen LogP) is -2.75. The molecule has 17 N–H and O–H groups in total. The van der Waals surface area contributed by atoms with E-state index in [1.54, 1.807) is 0 Å². The number of nitrogens with one attached hydrogen (secondary N) is 4. The number of benzene rings is 1. The van der Waals surface area contributed by atoms with Crippen molar-refractivity contribution in [3.8, 4) is 5.75 Å². The molecule has 0 aromatic heterocycles. The fraction of sp³-hybridized carbons (Fsp3) is 0.619. The lowest BCUT2D eigenvalue weighted by Gasteiger charge is -2.34. The molecule has 5 atom stereocenters. The van der Waals surface area contributed by atoms with Gasteiger partial charge in [-0.2, -0.15) is 0 Å². The third-order valence-electron chi connectivity index (χ3n) is 10.5. The first kappa shape index (κ1) is 64.0. The maximum absolute atomic E-state index is 14.6. The summed E-state index contributed by atoms with van der Waals surface area (Å²) >= 11 is 3.65. The molecule has 4 amide bonds. The highest BCUT2D eigenvalue weighted by Gasteiger charge is 2.36. The largest absolute Gasteiger partial charge is 0.506 e. The van der Waals surface area contributed by atoms with Gasteiger partial charge in [0.2, 0.25) is 23.6 Å². The minimum absolute atomic E-state index is 0.0187. The summed E-state index contributed by atoms with van der Waals surface area (Å²) in [6.45, 7) is -5.57. The standard InChI is InChI=1S/C42H66I2N10O17/c43-25-15-24(16-26(44)37(25)65)17-30(40(68)49-27(7-1-4-10-45)38(66)48-28(8-2-5-11-46)39(67)50-29(42(70)71)9-3-6-12-47)51-41(69)31(54(22-35(61)62)23-36(63)64)18-52(19-32(55)56)13-14-53(20-33(57)58)21-34(59)60/h15-16,27-31,65H,1-14,17-23,45-47H2,(H,48,66)(H,49,68)(H,50,67)(H,51,69)(H,55,56)(H,57,58)(H,59,60)(H,61,62)(H,63,64)(H,70,71)/t27-,28-,29-,30-,31?/m0/s1. The summed E-state index contributed by atoms with van der Waals surface area (Å²) in [6.07, 6.45) is 1.88. The third-order valence-corrected chi connectivity index (χ3v) is 12.2. The van der Waals surface area contributed by atoms with Crippen LogP contribution in [0.2, 0.25) is 0 Å². The number of hydrogen-bond donors (Lipinski definition) is 14. The fourth-order valence-corrected chi connectivity index (χ4v) is 8.97. The highest BCUT2D eigenvalue weighted by Crippen LogP contribution is 2.28. The van der Waals surface area contributed by atoms with E-state index in [4.69, 9.17) is 17.2 Å². The van der Waals surface area contributed by atoms with Gasteiger partial charge in [0.05, 0.1) is 39.9 Å². The van der Waals surface area contributed by atoms with Crippen LogP contribution in [0.4, 0.5) is 0 Å².